The zero-order valence-corrected chi connectivity index (χ0v) is 9.47. The molecule has 1 fully saturated rings. The molecule has 2 N–H and O–H groups in total. The Hall–Kier alpha value is -1.89. The largest absolute Gasteiger partial charge is 0.481 e. The van der Waals surface area contributed by atoms with E-state index in [4.69, 9.17) is 4.74 Å². The predicted octanol–water partition coefficient (Wildman–Crippen LogP) is 0.772. The van der Waals surface area contributed by atoms with Gasteiger partial charge in [-0.2, -0.15) is 4.98 Å². The van der Waals surface area contributed by atoms with Crippen LogP contribution in [0.3, 0.4) is 0 Å². The second-order valence-corrected chi connectivity index (χ2v) is 3.81. The zero-order chi connectivity index (χ0) is 12.3. The quantitative estimate of drug-likeness (QED) is 0.595. The Morgan fingerprint density at radius 2 is 2.47 bits per heavy atom. The Kier molecular flexibility index (Phi) is 3.38. The van der Waals surface area contributed by atoms with Crippen LogP contribution in [-0.4, -0.2) is 36.1 Å². The van der Waals surface area contributed by atoms with Crippen LogP contribution in [0.25, 0.3) is 0 Å². The maximum Gasteiger partial charge on any atom is 0.311 e. The smallest absolute Gasteiger partial charge is 0.311 e. The second kappa shape index (κ2) is 4.96. The third kappa shape index (κ3) is 2.62. The first kappa shape index (κ1) is 11.6. The average Bonchev–Trinajstić information content (AvgIpc) is 2.81. The molecule has 2 rings (SSSR count). The second-order valence-electron chi connectivity index (χ2n) is 3.81. The van der Waals surface area contributed by atoms with Gasteiger partial charge in [-0.1, -0.05) is 0 Å². The summed E-state index contributed by atoms with van der Waals surface area (Å²) in [5.41, 5.74) is -0.0299. The van der Waals surface area contributed by atoms with E-state index >= 15 is 0 Å². The van der Waals surface area contributed by atoms with Gasteiger partial charge in [0, 0.05) is 24.7 Å². The molecule has 0 bridgehead atoms. The lowest BCUT2D eigenvalue weighted by molar-refractivity contribution is -0.384. The summed E-state index contributed by atoms with van der Waals surface area (Å²) in [4.78, 5) is 14.5. The summed E-state index contributed by atoms with van der Waals surface area (Å²) in [6, 6.07) is 3.06. The summed E-state index contributed by atoms with van der Waals surface area (Å²) >= 11 is 0. The van der Waals surface area contributed by atoms with Crippen molar-refractivity contribution < 1.29 is 9.66 Å². The van der Waals surface area contributed by atoms with Crippen LogP contribution in [0.2, 0.25) is 0 Å². The number of hydrogen-bond acceptors (Lipinski definition) is 6. The van der Waals surface area contributed by atoms with E-state index in [0.717, 1.165) is 19.5 Å². The van der Waals surface area contributed by atoms with E-state index < -0.39 is 4.92 Å². The Morgan fingerprint density at radius 3 is 3.06 bits per heavy atom. The Bertz CT molecular complexity index is 418. The minimum Gasteiger partial charge on any atom is -0.481 e. The van der Waals surface area contributed by atoms with E-state index in [1.165, 1.54) is 19.2 Å². The van der Waals surface area contributed by atoms with Crippen molar-refractivity contribution in [2.24, 2.45) is 0 Å². The lowest BCUT2D eigenvalue weighted by Gasteiger charge is -2.12. The normalized spacial score (nSPS) is 19.0. The third-order valence-electron chi connectivity index (χ3n) is 2.66. The molecule has 1 aromatic rings. The van der Waals surface area contributed by atoms with Crippen molar-refractivity contribution in [3.8, 4) is 5.88 Å². The Balaban J connectivity index is 2.24. The minimum absolute atomic E-state index is 0.0299. The van der Waals surface area contributed by atoms with Crippen molar-refractivity contribution in [2.75, 3.05) is 25.5 Å². The first-order valence-electron chi connectivity index (χ1n) is 5.37. The van der Waals surface area contributed by atoms with Crippen LogP contribution in [0.4, 0.5) is 11.5 Å². The van der Waals surface area contributed by atoms with Crippen molar-refractivity contribution in [3.63, 3.8) is 0 Å². The SMILES string of the molecule is COc1ccc([N+](=O)[O-])c(NC2CCNC2)n1. The van der Waals surface area contributed by atoms with Crippen molar-refractivity contribution in [2.45, 2.75) is 12.5 Å². The van der Waals surface area contributed by atoms with Crippen LogP contribution in [0.5, 0.6) is 5.88 Å². The summed E-state index contributed by atoms with van der Waals surface area (Å²) in [6.07, 6.45) is 0.927. The first-order chi connectivity index (χ1) is 8.20. The van der Waals surface area contributed by atoms with E-state index in [-0.39, 0.29) is 17.5 Å². The molecule has 0 saturated carbocycles. The number of aromatic nitrogens is 1. The number of hydrogen-bond donors (Lipinski definition) is 2. The van der Waals surface area contributed by atoms with Crippen molar-refractivity contribution in [1.29, 1.82) is 0 Å². The summed E-state index contributed by atoms with van der Waals surface area (Å²) in [7, 11) is 1.48. The molecule has 1 aliphatic rings. The van der Waals surface area contributed by atoms with E-state index in [1.807, 2.05) is 0 Å². The van der Waals surface area contributed by atoms with Crippen LogP contribution in [0.15, 0.2) is 12.1 Å². The van der Waals surface area contributed by atoms with Gasteiger partial charge in [-0.15, -0.1) is 0 Å². The monoisotopic (exact) mass is 238 g/mol. The number of ether oxygens (including phenoxy) is 1. The molecule has 92 valence electrons. The van der Waals surface area contributed by atoms with Crippen LogP contribution >= 0.6 is 0 Å². The fourth-order valence-corrected chi connectivity index (χ4v) is 1.77. The number of rotatable bonds is 4. The predicted molar refractivity (Wildman–Crippen MR) is 62.3 cm³/mol. The lowest BCUT2D eigenvalue weighted by atomic mass is 10.2. The van der Waals surface area contributed by atoms with Gasteiger partial charge in [-0.25, -0.2) is 0 Å². The highest BCUT2D eigenvalue weighted by Crippen LogP contribution is 2.26. The lowest BCUT2D eigenvalue weighted by Crippen LogP contribution is -2.23. The molecule has 0 spiro atoms. The molecule has 1 unspecified atom stereocenters. The number of methoxy groups -OCH3 is 1. The summed E-state index contributed by atoms with van der Waals surface area (Å²) in [6.45, 7) is 1.70. The molecule has 1 aromatic heterocycles. The maximum absolute atomic E-state index is 10.9. The maximum atomic E-state index is 10.9. The number of nitro groups is 1. The van der Waals surface area contributed by atoms with Gasteiger partial charge in [0.15, 0.2) is 0 Å². The third-order valence-corrected chi connectivity index (χ3v) is 2.66. The number of pyridine rings is 1. The topological polar surface area (TPSA) is 89.3 Å². The number of nitrogens with one attached hydrogen (secondary N) is 2. The highest BCUT2D eigenvalue weighted by molar-refractivity contribution is 5.57. The Morgan fingerprint density at radius 1 is 1.65 bits per heavy atom. The fourth-order valence-electron chi connectivity index (χ4n) is 1.77. The first-order valence-corrected chi connectivity index (χ1v) is 5.37. The van der Waals surface area contributed by atoms with Gasteiger partial charge in [-0.3, -0.25) is 10.1 Å². The zero-order valence-electron chi connectivity index (χ0n) is 9.47. The van der Waals surface area contributed by atoms with Crippen molar-refractivity contribution in [1.82, 2.24) is 10.3 Å². The van der Waals surface area contributed by atoms with E-state index in [2.05, 4.69) is 15.6 Å². The van der Waals surface area contributed by atoms with Crippen LogP contribution in [0, 0.1) is 10.1 Å². The molecular formula is C10H14N4O3. The molecule has 0 radical (unpaired) electrons. The van der Waals surface area contributed by atoms with Gasteiger partial charge in [-0.05, 0) is 13.0 Å². The van der Waals surface area contributed by atoms with E-state index in [0.29, 0.717) is 5.88 Å². The molecule has 7 heteroatoms. The molecule has 7 nitrogen and oxygen atoms in total. The van der Waals surface area contributed by atoms with E-state index in [9.17, 15) is 10.1 Å². The molecule has 2 heterocycles. The van der Waals surface area contributed by atoms with Crippen molar-refractivity contribution >= 4 is 11.5 Å². The van der Waals surface area contributed by atoms with Gasteiger partial charge in [0.1, 0.15) is 0 Å². The average molecular weight is 238 g/mol. The van der Waals surface area contributed by atoms with E-state index in [1.54, 1.807) is 0 Å². The molecule has 1 saturated heterocycles. The standard InChI is InChI=1S/C10H14N4O3/c1-17-9-3-2-8(14(15)16)10(13-9)12-7-4-5-11-6-7/h2-3,7,11H,4-6H2,1H3,(H,12,13). The molecule has 17 heavy (non-hydrogen) atoms. The highest BCUT2D eigenvalue weighted by Gasteiger charge is 2.21. The molecule has 0 aromatic carbocycles. The summed E-state index contributed by atoms with van der Waals surface area (Å²) in [5.74, 6) is 0.632. The van der Waals surface area contributed by atoms with Crippen molar-refractivity contribution in [3.05, 3.63) is 22.2 Å². The Labute approximate surface area is 98.3 Å². The number of anilines is 1. The van der Waals surface area contributed by atoms with Gasteiger partial charge in [0.25, 0.3) is 0 Å². The van der Waals surface area contributed by atoms with Gasteiger partial charge in [0.05, 0.1) is 12.0 Å². The fraction of sp³-hybridized carbons (Fsp3) is 0.500. The van der Waals surface area contributed by atoms with Gasteiger partial charge >= 0.3 is 5.69 Å². The van der Waals surface area contributed by atoms with Gasteiger partial charge < -0.3 is 15.4 Å². The molecule has 1 atom stereocenters. The van der Waals surface area contributed by atoms with Crippen LogP contribution < -0.4 is 15.4 Å². The highest BCUT2D eigenvalue weighted by atomic mass is 16.6. The summed E-state index contributed by atoms with van der Waals surface area (Å²) in [5, 5.41) is 17.1. The number of nitrogens with zero attached hydrogens (tertiary/aromatic N) is 2. The molecule has 0 amide bonds. The van der Waals surface area contributed by atoms with Gasteiger partial charge in [0.2, 0.25) is 11.7 Å². The summed E-state index contributed by atoms with van der Waals surface area (Å²) < 4.78 is 4.96. The van der Waals surface area contributed by atoms with Crippen LogP contribution in [-0.2, 0) is 0 Å². The van der Waals surface area contributed by atoms with Crippen LogP contribution in [0.1, 0.15) is 6.42 Å². The molecular weight excluding hydrogens is 224 g/mol. The minimum atomic E-state index is -0.447. The molecule has 0 aliphatic carbocycles. The molecule has 1 aliphatic heterocycles.